The molecule has 0 saturated carbocycles. The molecule has 4 rings (SSSR count). The molecule has 0 fully saturated rings. The molecule has 224 valence electrons. The summed E-state index contributed by atoms with van der Waals surface area (Å²) >= 11 is 0. The molecule has 0 radical (unpaired) electrons. The average molecular weight is 619 g/mol. The number of benzene rings is 2. The maximum absolute atomic E-state index is 13.8. The number of phosphoric acid groups is 1. The van der Waals surface area contributed by atoms with Gasteiger partial charge in [-0.2, -0.15) is 0 Å². The first kappa shape index (κ1) is 31.1. The first-order chi connectivity index (χ1) is 19.8. The van der Waals surface area contributed by atoms with Crippen LogP contribution in [0.1, 0.15) is 29.5 Å². The Morgan fingerprint density at radius 3 is 2.52 bits per heavy atom. The average Bonchev–Trinajstić information content (AvgIpc) is 3.25. The summed E-state index contributed by atoms with van der Waals surface area (Å²) in [5.74, 6) is -2.25. The second-order valence-corrected chi connectivity index (χ2v) is 12.7. The van der Waals surface area contributed by atoms with Gasteiger partial charge in [-0.15, -0.1) is 0 Å². The number of hydrogen-bond donors (Lipinski definition) is 5. The van der Waals surface area contributed by atoms with E-state index in [2.05, 4.69) is 15.2 Å². The maximum atomic E-state index is 13.8. The lowest BCUT2D eigenvalue weighted by Gasteiger charge is -2.28. The molecule has 15 heteroatoms. The van der Waals surface area contributed by atoms with Gasteiger partial charge in [0.25, 0.3) is 0 Å². The fraction of sp³-hybridized carbons (Fsp3) is 0.333. The Kier molecular flexibility index (Phi) is 9.62. The van der Waals surface area contributed by atoms with Gasteiger partial charge in [0.15, 0.2) is 0 Å². The molecule has 42 heavy (non-hydrogen) atoms. The molecule has 0 spiro atoms. The van der Waals surface area contributed by atoms with Gasteiger partial charge >= 0.3 is 7.82 Å². The van der Waals surface area contributed by atoms with Crippen LogP contribution in [0.5, 0.6) is 5.75 Å². The Morgan fingerprint density at radius 2 is 1.88 bits per heavy atom. The van der Waals surface area contributed by atoms with Crippen LogP contribution in [0.3, 0.4) is 0 Å². The van der Waals surface area contributed by atoms with Crippen LogP contribution in [-0.2, 0) is 47.4 Å². The number of rotatable bonds is 11. The number of para-hydroxylation sites is 1. The SMILES string of the molecule is CS(=O)CC[C@H](NC(=O)[C@@H]1Cc2cccc3c2N1C(=O)[C@@H](NC(=O)/C=C/c1ccc(OP(=O)(O)O)cc1)CC3)C(N)=O. The number of carbonyl (C=O) groups excluding carboxylic acids is 4. The highest BCUT2D eigenvalue weighted by atomic mass is 32.2. The molecule has 4 amide bonds. The van der Waals surface area contributed by atoms with Crippen LogP contribution in [0, 0.1) is 0 Å². The lowest BCUT2D eigenvalue weighted by atomic mass is 10.0. The molecule has 6 N–H and O–H groups in total. The third-order valence-electron chi connectivity index (χ3n) is 6.91. The lowest BCUT2D eigenvalue weighted by Crippen LogP contribution is -2.57. The van der Waals surface area contributed by atoms with E-state index < -0.39 is 60.4 Å². The highest BCUT2D eigenvalue weighted by molar-refractivity contribution is 7.84. The molecule has 13 nitrogen and oxygen atoms in total. The van der Waals surface area contributed by atoms with E-state index in [9.17, 15) is 28.0 Å². The minimum Gasteiger partial charge on any atom is -0.404 e. The maximum Gasteiger partial charge on any atom is 0.524 e. The molecule has 0 aromatic heterocycles. The summed E-state index contributed by atoms with van der Waals surface area (Å²) in [6.45, 7) is 0. The first-order valence-electron chi connectivity index (χ1n) is 13.0. The molecule has 2 heterocycles. The van der Waals surface area contributed by atoms with Gasteiger partial charge in [0.05, 0.1) is 5.69 Å². The van der Waals surface area contributed by atoms with Gasteiger partial charge in [0.1, 0.15) is 23.9 Å². The molecule has 0 aliphatic carbocycles. The van der Waals surface area contributed by atoms with Crippen LogP contribution in [0.25, 0.3) is 6.08 Å². The normalized spacial score (nSPS) is 19.5. The van der Waals surface area contributed by atoms with E-state index in [4.69, 9.17) is 15.5 Å². The van der Waals surface area contributed by atoms with Gasteiger partial charge in [0.2, 0.25) is 23.6 Å². The molecule has 2 aromatic carbocycles. The van der Waals surface area contributed by atoms with E-state index in [0.29, 0.717) is 24.1 Å². The van der Waals surface area contributed by atoms with Crippen LogP contribution < -0.4 is 25.8 Å². The highest BCUT2D eigenvalue weighted by Crippen LogP contribution is 2.39. The smallest absolute Gasteiger partial charge is 0.404 e. The molecular weight excluding hydrogens is 587 g/mol. The van der Waals surface area contributed by atoms with Crippen molar-refractivity contribution < 1.29 is 42.3 Å². The number of nitrogens with zero attached hydrogens (tertiary/aromatic N) is 1. The van der Waals surface area contributed by atoms with Crippen molar-refractivity contribution >= 4 is 54.0 Å². The molecular formula is C27H31N4O9PS. The fourth-order valence-corrected chi connectivity index (χ4v) is 5.94. The number of hydrogen-bond acceptors (Lipinski definition) is 7. The lowest BCUT2D eigenvalue weighted by molar-refractivity contribution is -0.130. The molecule has 2 aliphatic heterocycles. The second kappa shape index (κ2) is 13.0. The summed E-state index contributed by atoms with van der Waals surface area (Å²) in [4.78, 5) is 71.1. The Labute approximate surface area is 244 Å². The summed E-state index contributed by atoms with van der Waals surface area (Å²) < 4.78 is 27.0. The van der Waals surface area contributed by atoms with Crippen molar-refractivity contribution in [1.29, 1.82) is 0 Å². The number of nitrogens with two attached hydrogens (primary N) is 1. The van der Waals surface area contributed by atoms with Crippen molar-refractivity contribution in [3.05, 3.63) is 65.2 Å². The van der Waals surface area contributed by atoms with Crippen molar-refractivity contribution in [2.24, 2.45) is 5.73 Å². The van der Waals surface area contributed by atoms with Crippen molar-refractivity contribution in [1.82, 2.24) is 10.6 Å². The van der Waals surface area contributed by atoms with Crippen LogP contribution >= 0.6 is 7.82 Å². The van der Waals surface area contributed by atoms with E-state index in [0.717, 1.165) is 11.1 Å². The second-order valence-electron chi connectivity index (χ2n) is 9.97. The number of carbonyl (C=O) groups is 4. The number of phosphoric ester groups is 1. The van der Waals surface area contributed by atoms with E-state index in [1.165, 1.54) is 47.6 Å². The van der Waals surface area contributed by atoms with E-state index >= 15 is 0 Å². The quantitative estimate of drug-likeness (QED) is 0.173. The van der Waals surface area contributed by atoms with Gasteiger partial charge in [0, 0.05) is 35.3 Å². The van der Waals surface area contributed by atoms with E-state index in [1.807, 2.05) is 18.2 Å². The number of aryl methyl sites for hydroxylation is 1. The Bertz CT molecular complexity index is 1490. The zero-order valence-electron chi connectivity index (χ0n) is 22.6. The third-order valence-corrected chi connectivity index (χ3v) is 8.17. The highest BCUT2D eigenvalue weighted by Gasteiger charge is 2.44. The Balaban J connectivity index is 1.48. The van der Waals surface area contributed by atoms with Crippen molar-refractivity contribution in [2.75, 3.05) is 16.9 Å². The zero-order chi connectivity index (χ0) is 30.6. The van der Waals surface area contributed by atoms with Crippen LogP contribution in [0.2, 0.25) is 0 Å². The minimum absolute atomic E-state index is 0.0420. The van der Waals surface area contributed by atoms with Gasteiger partial charge in [-0.05, 0) is 54.2 Å². The predicted molar refractivity (Wildman–Crippen MR) is 154 cm³/mol. The van der Waals surface area contributed by atoms with Crippen LogP contribution in [-0.4, -0.2) is 67.8 Å². The van der Waals surface area contributed by atoms with Gasteiger partial charge in [-0.3, -0.25) is 38.1 Å². The Morgan fingerprint density at radius 1 is 1.19 bits per heavy atom. The van der Waals surface area contributed by atoms with Crippen LogP contribution in [0.4, 0.5) is 5.69 Å². The number of primary amides is 1. The predicted octanol–water partition coefficient (Wildman–Crippen LogP) is 0.299. The molecule has 2 aliphatic rings. The molecule has 2 aromatic rings. The van der Waals surface area contributed by atoms with E-state index in [-0.39, 0.29) is 24.3 Å². The number of amides is 4. The summed E-state index contributed by atoms with van der Waals surface area (Å²) in [6, 6.07) is 8.24. The third kappa shape index (κ3) is 7.71. The van der Waals surface area contributed by atoms with E-state index in [1.54, 1.807) is 0 Å². The van der Waals surface area contributed by atoms with Gasteiger partial charge in [-0.1, -0.05) is 30.3 Å². The zero-order valence-corrected chi connectivity index (χ0v) is 24.3. The number of nitrogens with one attached hydrogen (secondary N) is 2. The molecule has 1 unspecified atom stereocenters. The molecule has 0 saturated heterocycles. The largest absolute Gasteiger partial charge is 0.524 e. The topological polar surface area (TPSA) is 205 Å². The monoisotopic (exact) mass is 618 g/mol. The molecule has 0 bridgehead atoms. The summed E-state index contributed by atoms with van der Waals surface area (Å²) in [5, 5.41) is 5.33. The van der Waals surface area contributed by atoms with Crippen molar-refractivity contribution in [2.45, 2.75) is 43.8 Å². The van der Waals surface area contributed by atoms with Gasteiger partial charge in [-0.25, -0.2) is 4.57 Å². The van der Waals surface area contributed by atoms with Crippen molar-refractivity contribution in [3.63, 3.8) is 0 Å². The van der Waals surface area contributed by atoms with Crippen LogP contribution in [0.15, 0.2) is 48.5 Å². The fourth-order valence-electron chi connectivity index (χ4n) is 4.98. The number of anilines is 1. The Hall–Kier alpha value is -3.84. The van der Waals surface area contributed by atoms with Gasteiger partial charge < -0.3 is 20.9 Å². The standard InChI is InChI=1S/C27H31N4O9PS/c1-42(39)14-13-20(25(28)33)30-26(34)22-15-18-4-2-3-17-8-11-21(27(35)31(22)24(17)18)29-23(32)12-7-16-5-9-19(10-6-16)40-41(36,37)38/h2-7,9-10,12,20-22H,8,11,13-15H2,1H3,(H2,28,33)(H,29,32)(H,30,34)(H2,36,37,38)/b12-7+/t20-,21-,22-,42?/m0/s1. The molecule has 4 atom stereocenters. The summed E-state index contributed by atoms with van der Waals surface area (Å²) in [5.41, 5.74) is 8.28. The summed E-state index contributed by atoms with van der Waals surface area (Å²) in [6.07, 6.45) is 5.24. The van der Waals surface area contributed by atoms with Crippen molar-refractivity contribution in [3.8, 4) is 5.75 Å². The minimum atomic E-state index is -4.69. The summed E-state index contributed by atoms with van der Waals surface area (Å²) in [7, 11) is -5.89. The first-order valence-corrected chi connectivity index (χ1v) is 16.3.